The van der Waals surface area contributed by atoms with E-state index in [9.17, 15) is 8.42 Å². The maximum absolute atomic E-state index is 11.6. The molecule has 0 aliphatic carbocycles. The smallest absolute Gasteiger partial charge is 0.273 e. The molecule has 0 aromatic carbocycles. The number of terminal acetylenes is 1. The molecule has 0 spiro atoms. The molecule has 0 saturated heterocycles. The third-order valence-corrected chi connectivity index (χ3v) is 3.23. The molecule has 5 nitrogen and oxygen atoms in total. The number of hydrogen-bond acceptors (Lipinski definition) is 4. The van der Waals surface area contributed by atoms with Crippen LogP contribution in [0.2, 0.25) is 0 Å². The van der Waals surface area contributed by atoms with E-state index >= 15 is 0 Å². The minimum Gasteiger partial charge on any atom is -0.447 e. The van der Waals surface area contributed by atoms with Gasteiger partial charge in [0.1, 0.15) is 5.76 Å². The average Bonchev–Trinajstić information content (AvgIpc) is 2.73. The molecule has 0 aliphatic rings. The number of hydrogen-bond donors (Lipinski definition) is 2. The molecule has 1 aromatic heterocycles. The zero-order chi connectivity index (χ0) is 12.0. The number of nitrogens with two attached hydrogens (primary N) is 1. The Hall–Kier alpha value is -1.29. The normalized spacial score (nSPS) is 11.2. The van der Waals surface area contributed by atoms with Gasteiger partial charge in [-0.1, -0.05) is 0 Å². The zero-order valence-corrected chi connectivity index (χ0v) is 9.59. The molecule has 0 aliphatic heterocycles. The monoisotopic (exact) mass is 242 g/mol. The molecule has 1 rings (SSSR count). The van der Waals surface area contributed by atoms with E-state index in [0.717, 1.165) is 0 Å². The highest BCUT2D eigenvalue weighted by molar-refractivity contribution is 7.89. The zero-order valence-electron chi connectivity index (χ0n) is 8.77. The van der Waals surface area contributed by atoms with Crippen LogP contribution in [0.4, 0.5) is 0 Å². The SMILES string of the molecule is C#CCCCNS(=O)(=O)c1ccc(CN)o1. The van der Waals surface area contributed by atoms with Crippen LogP contribution in [-0.4, -0.2) is 15.0 Å². The number of unbranched alkanes of at least 4 members (excludes halogenated alkanes) is 1. The lowest BCUT2D eigenvalue weighted by atomic mass is 10.3. The van der Waals surface area contributed by atoms with Crippen molar-refractivity contribution >= 4 is 10.0 Å². The number of sulfonamides is 1. The topological polar surface area (TPSA) is 85.3 Å². The van der Waals surface area contributed by atoms with Crippen molar-refractivity contribution in [2.24, 2.45) is 5.73 Å². The van der Waals surface area contributed by atoms with E-state index in [0.29, 0.717) is 25.1 Å². The second-order valence-electron chi connectivity index (χ2n) is 3.13. The van der Waals surface area contributed by atoms with E-state index in [1.54, 1.807) is 0 Å². The fourth-order valence-corrected chi connectivity index (χ4v) is 2.10. The van der Waals surface area contributed by atoms with Crippen molar-refractivity contribution in [2.75, 3.05) is 6.54 Å². The van der Waals surface area contributed by atoms with Crippen LogP contribution in [0, 0.1) is 12.3 Å². The Morgan fingerprint density at radius 2 is 2.25 bits per heavy atom. The molecule has 0 fully saturated rings. The summed E-state index contributed by atoms with van der Waals surface area (Å²) in [6.07, 6.45) is 6.19. The molecule has 0 bridgehead atoms. The van der Waals surface area contributed by atoms with Crippen LogP contribution in [0.1, 0.15) is 18.6 Å². The Morgan fingerprint density at radius 1 is 1.50 bits per heavy atom. The van der Waals surface area contributed by atoms with Crippen molar-refractivity contribution in [3.05, 3.63) is 17.9 Å². The van der Waals surface area contributed by atoms with E-state index < -0.39 is 10.0 Å². The Balaban J connectivity index is 2.60. The van der Waals surface area contributed by atoms with Crippen molar-refractivity contribution in [3.8, 4) is 12.3 Å². The lowest BCUT2D eigenvalue weighted by molar-refractivity contribution is 0.412. The highest BCUT2D eigenvalue weighted by Gasteiger charge is 2.17. The van der Waals surface area contributed by atoms with Gasteiger partial charge in [0.05, 0.1) is 6.54 Å². The highest BCUT2D eigenvalue weighted by atomic mass is 32.2. The van der Waals surface area contributed by atoms with Crippen LogP contribution in [0.15, 0.2) is 21.6 Å². The molecule has 6 heteroatoms. The predicted octanol–water partition coefficient (Wildman–Crippen LogP) is 0.430. The van der Waals surface area contributed by atoms with E-state index in [2.05, 4.69) is 10.6 Å². The summed E-state index contributed by atoms with van der Waals surface area (Å²) in [6.45, 7) is 0.470. The van der Waals surface area contributed by atoms with Crippen LogP contribution in [-0.2, 0) is 16.6 Å². The molecule has 1 aromatic rings. The Labute approximate surface area is 95.1 Å². The largest absolute Gasteiger partial charge is 0.447 e. The van der Waals surface area contributed by atoms with Gasteiger partial charge in [0, 0.05) is 13.0 Å². The van der Waals surface area contributed by atoms with Gasteiger partial charge in [-0.2, -0.15) is 0 Å². The third kappa shape index (κ3) is 3.38. The summed E-state index contributed by atoms with van der Waals surface area (Å²) in [5.74, 6) is 2.87. The van der Waals surface area contributed by atoms with Gasteiger partial charge in [-0.15, -0.1) is 12.3 Å². The van der Waals surface area contributed by atoms with Crippen molar-refractivity contribution in [2.45, 2.75) is 24.5 Å². The molecule has 16 heavy (non-hydrogen) atoms. The molecule has 1 heterocycles. The first-order valence-electron chi connectivity index (χ1n) is 4.82. The summed E-state index contributed by atoms with van der Waals surface area (Å²) >= 11 is 0. The van der Waals surface area contributed by atoms with E-state index in [-0.39, 0.29) is 11.6 Å². The average molecular weight is 242 g/mol. The first-order valence-corrected chi connectivity index (χ1v) is 6.30. The van der Waals surface area contributed by atoms with Crippen LogP contribution >= 0.6 is 0 Å². The van der Waals surface area contributed by atoms with Crippen LogP contribution in [0.3, 0.4) is 0 Å². The molecule has 0 unspecified atom stereocenters. The minimum absolute atomic E-state index is 0.117. The third-order valence-electron chi connectivity index (χ3n) is 1.89. The minimum atomic E-state index is -3.57. The summed E-state index contributed by atoms with van der Waals surface area (Å²) in [5.41, 5.74) is 5.31. The summed E-state index contributed by atoms with van der Waals surface area (Å²) in [6, 6.07) is 2.92. The van der Waals surface area contributed by atoms with E-state index in [1.165, 1.54) is 12.1 Å². The molecule has 88 valence electrons. The maximum Gasteiger partial charge on any atom is 0.273 e. The second-order valence-corrected chi connectivity index (χ2v) is 4.83. The van der Waals surface area contributed by atoms with Crippen LogP contribution < -0.4 is 10.5 Å². The molecule has 0 atom stereocenters. The van der Waals surface area contributed by atoms with Gasteiger partial charge in [-0.05, 0) is 18.6 Å². The van der Waals surface area contributed by atoms with Gasteiger partial charge in [-0.25, -0.2) is 13.1 Å². The van der Waals surface area contributed by atoms with Crippen LogP contribution in [0.25, 0.3) is 0 Å². The maximum atomic E-state index is 11.6. The Bertz CT molecular complexity index is 470. The standard InChI is InChI=1S/C10H14N2O3S/c1-2-3-4-7-12-16(13,14)10-6-5-9(8-11)15-10/h1,5-6,12H,3-4,7-8,11H2. The van der Waals surface area contributed by atoms with Gasteiger partial charge in [0.15, 0.2) is 0 Å². The lowest BCUT2D eigenvalue weighted by Gasteiger charge is -2.02. The summed E-state index contributed by atoms with van der Waals surface area (Å²) in [7, 11) is -3.57. The van der Waals surface area contributed by atoms with Gasteiger partial charge in [-0.3, -0.25) is 0 Å². The first kappa shape index (κ1) is 12.8. The summed E-state index contributed by atoms with van der Waals surface area (Å²) < 4.78 is 30.7. The molecular weight excluding hydrogens is 228 g/mol. The molecule has 0 radical (unpaired) electrons. The Kier molecular flexibility index (Phi) is 4.55. The number of nitrogens with one attached hydrogen (secondary N) is 1. The molecule has 0 amide bonds. The van der Waals surface area contributed by atoms with Gasteiger partial charge >= 0.3 is 0 Å². The van der Waals surface area contributed by atoms with E-state index in [4.69, 9.17) is 16.6 Å². The molecule has 0 saturated carbocycles. The first-order chi connectivity index (χ1) is 7.60. The predicted molar refractivity (Wildman–Crippen MR) is 59.9 cm³/mol. The second kappa shape index (κ2) is 5.70. The number of furan rings is 1. The van der Waals surface area contributed by atoms with Crippen LogP contribution in [0.5, 0.6) is 0 Å². The van der Waals surface area contributed by atoms with Gasteiger partial charge < -0.3 is 10.2 Å². The summed E-state index contributed by atoms with van der Waals surface area (Å²) in [4.78, 5) is 0. The molecule has 3 N–H and O–H groups in total. The van der Waals surface area contributed by atoms with Crippen molar-refractivity contribution in [1.82, 2.24) is 4.72 Å². The van der Waals surface area contributed by atoms with Crippen molar-refractivity contribution in [1.29, 1.82) is 0 Å². The van der Waals surface area contributed by atoms with Gasteiger partial charge in [0.2, 0.25) is 5.09 Å². The quantitative estimate of drug-likeness (QED) is 0.559. The van der Waals surface area contributed by atoms with Crippen molar-refractivity contribution < 1.29 is 12.8 Å². The fraction of sp³-hybridized carbons (Fsp3) is 0.400. The van der Waals surface area contributed by atoms with Crippen molar-refractivity contribution in [3.63, 3.8) is 0 Å². The molecular formula is C10H14N2O3S. The summed E-state index contributed by atoms with van der Waals surface area (Å²) in [5, 5.41) is -0.117. The fourth-order valence-electron chi connectivity index (χ4n) is 1.08. The van der Waals surface area contributed by atoms with E-state index in [1.807, 2.05) is 0 Å². The highest BCUT2D eigenvalue weighted by Crippen LogP contribution is 2.12. The van der Waals surface area contributed by atoms with Gasteiger partial charge in [0.25, 0.3) is 10.0 Å². The number of rotatable bonds is 6. The Morgan fingerprint density at radius 3 is 2.81 bits per heavy atom. The lowest BCUT2D eigenvalue weighted by Crippen LogP contribution is -2.24.